The number of nitrogens with zero attached hydrogens (tertiary/aromatic N) is 1. The van der Waals surface area contributed by atoms with E-state index in [9.17, 15) is 4.79 Å². The number of carboxylic acid groups (broad SMARTS) is 1. The second-order valence-electron chi connectivity index (χ2n) is 4.04. The van der Waals surface area contributed by atoms with Gasteiger partial charge < -0.3 is 16.2 Å². The highest BCUT2D eigenvalue weighted by atomic mass is 79.9. The summed E-state index contributed by atoms with van der Waals surface area (Å²) in [6.45, 7) is 0. The van der Waals surface area contributed by atoms with Crippen LogP contribution in [0.4, 0.5) is 17.1 Å². The topological polar surface area (TPSA) is 99.1 Å². The van der Waals surface area contributed by atoms with Crippen molar-refractivity contribution < 1.29 is 9.90 Å². The molecular formula is C14H10BrN3O2. The Morgan fingerprint density at radius 3 is 2.55 bits per heavy atom. The lowest BCUT2D eigenvalue weighted by Gasteiger charge is -2.12. The lowest BCUT2D eigenvalue weighted by atomic mass is 10.1. The van der Waals surface area contributed by atoms with Gasteiger partial charge >= 0.3 is 5.97 Å². The molecule has 2 aromatic rings. The van der Waals surface area contributed by atoms with Gasteiger partial charge in [-0.3, -0.25) is 0 Å². The van der Waals surface area contributed by atoms with Gasteiger partial charge in [-0.05, 0) is 52.3 Å². The summed E-state index contributed by atoms with van der Waals surface area (Å²) in [6, 6.07) is 11.6. The largest absolute Gasteiger partial charge is 0.478 e. The molecule has 0 bridgehead atoms. The van der Waals surface area contributed by atoms with Gasteiger partial charge in [0, 0.05) is 10.2 Å². The van der Waals surface area contributed by atoms with Crippen LogP contribution in [-0.4, -0.2) is 11.1 Å². The van der Waals surface area contributed by atoms with Gasteiger partial charge in [0.2, 0.25) is 0 Å². The maximum Gasteiger partial charge on any atom is 0.337 e. The molecule has 0 unspecified atom stereocenters. The number of carboxylic acids is 1. The first-order chi connectivity index (χ1) is 9.51. The highest BCUT2D eigenvalue weighted by molar-refractivity contribution is 9.10. The van der Waals surface area contributed by atoms with Crippen LogP contribution in [-0.2, 0) is 0 Å². The zero-order valence-electron chi connectivity index (χ0n) is 10.2. The number of nitriles is 1. The van der Waals surface area contributed by atoms with E-state index in [1.54, 1.807) is 30.3 Å². The van der Waals surface area contributed by atoms with Crippen molar-refractivity contribution in [2.45, 2.75) is 0 Å². The molecular weight excluding hydrogens is 322 g/mol. The van der Waals surface area contributed by atoms with Gasteiger partial charge in [0.05, 0.1) is 28.6 Å². The van der Waals surface area contributed by atoms with E-state index in [-0.39, 0.29) is 5.56 Å². The molecule has 0 atom stereocenters. The Bertz CT molecular complexity index is 723. The van der Waals surface area contributed by atoms with Crippen LogP contribution in [0.15, 0.2) is 40.9 Å². The Labute approximate surface area is 123 Å². The minimum absolute atomic E-state index is 0.0845. The number of nitrogen functional groups attached to an aromatic ring is 1. The summed E-state index contributed by atoms with van der Waals surface area (Å²) in [5.41, 5.74) is 7.66. The zero-order chi connectivity index (χ0) is 14.7. The fourth-order valence-corrected chi connectivity index (χ4v) is 2.16. The Morgan fingerprint density at radius 2 is 1.95 bits per heavy atom. The van der Waals surface area contributed by atoms with Crippen molar-refractivity contribution >= 4 is 39.0 Å². The van der Waals surface area contributed by atoms with Crippen LogP contribution in [0, 0.1) is 11.3 Å². The molecule has 0 aliphatic rings. The van der Waals surface area contributed by atoms with Crippen molar-refractivity contribution in [2.75, 3.05) is 11.1 Å². The number of benzene rings is 2. The molecule has 0 radical (unpaired) electrons. The van der Waals surface area contributed by atoms with Gasteiger partial charge in [0.15, 0.2) is 0 Å². The van der Waals surface area contributed by atoms with Crippen LogP contribution in [0.25, 0.3) is 0 Å². The normalized spacial score (nSPS) is 9.80. The molecule has 0 aliphatic heterocycles. The highest BCUT2D eigenvalue weighted by Gasteiger charge is 2.12. The average Bonchev–Trinajstić information content (AvgIpc) is 2.42. The number of anilines is 3. The molecule has 2 aromatic carbocycles. The number of aromatic carboxylic acids is 1. The average molecular weight is 332 g/mol. The van der Waals surface area contributed by atoms with Gasteiger partial charge in [-0.2, -0.15) is 5.26 Å². The van der Waals surface area contributed by atoms with Gasteiger partial charge in [-0.25, -0.2) is 4.79 Å². The zero-order valence-corrected chi connectivity index (χ0v) is 11.8. The molecule has 0 amide bonds. The summed E-state index contributed by atoms with van der Waals surface area (Å²) in [7, 11) is 0. The summed E-state index contributed by atoms with van der Waals surface area (Å²) >= 11 is 3.34. The summed E-state index contributed by atoms with van der Waals surface area (Å²) < 4.78 is 0.671. The summed E-state index contributed by atoms with van der Waals surface area (Å²) in [4.78, 5) is 11.2. The lowest BCUT2D eigenvalue weighted by molar-refractivity contribution is 0.0698. The third-order valence-corrected chi connectivity index (χ3v) is 3.30. The van der Waals surface area contributed by atoms with Crippen LogP contribution >= 0.6 is 15.9 Å². The molecule has 0 aliphatic carbocycles. The molecule has 20 heavy (non-hydrogen) atoms. The number of rotatable bonds is 3. The van der Waals surface area contributed by atoms with Gasteiger partial charge in [0.25, 0.3) is 0 Å². The third kappa shape index (κ3) is 2.90. The summed E-state index contributed by atoms with van der Waals surface area (Å²) in [5, 5.41) is 21.0. The maximum absolute atomic E-state index is 11.2. The van der Waals surface area contributed by atoms with Gasteiger partial charge in [0.1, 0.15) is 0 Å². The second-order valence-corrected chi connectivity index (χ2v) is 4.90. The fraction of sp³-hybridized carbons (Fsp3) is 0. The number of hydrogen-bond acceptors (Lipinski definition) is 4. The van der Waals surface area contributed by atoms with E-state index in [1.807, 2.05) is 6.07 Å². The fourth-order valence-electron chi connectivity index (χ4n) is 1.68. The van der Waals surface area contributed by atoms with Crippen molar-refractivity contribution in [3.05, 3.63) is 52.0 Å². The van der Waals surface area contributed by atoms with Crippen molar-refractivity contribution in [1.29, 1.82) is 5.26 Å². The molecule has 0 fully saturated rings. The standard InChI is InChI=1S/C14H10BrN3O2/c15-11-5-8(7-16)1-3-13(11)18-12-4-2-9(17)6-10(12)14(19)20/h1-6,18H,17H2,(H,19,20). The molecule has 4 N–H and O–H groups in total. The molecule has 100 valence electrons. The van der Waals surface area contributed by atoms with Gasteiger partial charge in [-0.1, -0.05) is 0 Å². The van der Waals surface area contributed by atoms with E-state index in [1.165, 1.54) is 6.07 Å². The van der Waals surface area contributed by atoms with Crippen LogP contribution in [0.5, 0.6) is 0 Å². The molecule has 6 heteroatoms. The lowest BCUT2D eigenvalue weighted by Crippen LogP contribution is -2.04. The smallest absolute Gasteiger partial charge is 0.337 e. The molecule has 0 saturated carbocycles. The predicted molar refractivity (Wildman–Crippen MR) is 80.0 cm³/mol. The number of hydrogen-bond donors (Lipinski definition) is 3. The maximum atomic E-state index is 11.2. The SMILES string of the molecule is N#Cc1ccc(Nc2ccc(N)cc2C(=O)O)c(Br)c1. The number of halogens is 1. The second kappa shape index (κ2) is 5.63. The van der Waals surface area contributed by atoms with E-state index < -0.39 is 5.97 Å². The molecule has 0 aromatic heterocycles. The first kappa shape index (κ1) is 13.9. The monoisotopic (exact) mass is 331 g/mol. The number of carbonyl (C=O) groups is 1. The van der Waals surface area contributed by atoms with E-state index in [0.717, 1.165) is 0 Å². The van der Waals surface area contributed by atoms with Crippen molar-refractivity contribution in [1.82, 2.24) is 0 Å². The van der Waals surface area contributed by atoms with E-state index in [2.05, 4.69) is 21.2 Å². The Morgan fingerprint density at radius 1 is 1.25 bits per heavy atom. The Hall–Kier alpha value is -2.52. The van der Waals surface area contributed by atoms with Crippen molar-refractivity contribution in [3.8, 4) is 6.07 Å². The molecule has 0 heterocycles. The van der Waals surface area contributed by atoms with Crippen LogP contribution in [0.2, 0.25) is 0 Å². The minimum Gasteiger partial charge on any atom is -0.478 e. The van der Waals surface area contributed by atoms with E-state index in [0.29, 0.717) is 27.1 Å². The number of nitrogens with two attached hydrogens (primary N) is 1. The quantitative estimate of drug-likeness (QED) is 0.749. The Balaban J connectivity index is 2.40. The third-order valence-electron chi connectivity index (χ3n) is 2.64. The molecule has 0 saturated heterocycles. The van der Waals surface area contributed by atoms with Crippen LogP contribution < -0.4 is 11.1 Å². The van der Waals surface area contributed by atoms with Gasteiger partial charge in [-0.15, -0.1) is 0 Å². The minimum atomic E-state index is -1.07. The first-order valence-corrected chi connectivity index (χ1v) is 6.40. The van der Waals surface area contributed by atoms with Crippen molar-refractivity contribution in [2.24, 2.45) is 0 Å². The Kier molecular flexibility index (Phi) is 3.91. The molecule has 5 nitrogen and oxygen atoms in total. The molecule has 2 rings (SSSR count). The summed E-state index contributed by atoms with van der Waals surface area (Å²) in [6.07, 6.45) is 0. The van der Waals surface area contributed by atoms with Crippen LogP contribution in [0.3, 0.4) is 0 Å². The first-order valence-electron chi connectivity index (χ1n) is 5.61. The van der Waals surface area contributed by atoms with Crippen molar-refractivity contribution in [3.63, 3.8) is 0 Å². The highest BCUT2D eigenvalue weighted by Crippen LogP contribution is 2.29. The van der Waals surface area contributed by atoms with E-state index >= 15 is 0 Å². The predicted octanol–water partition coefficient (Wildman–Crippen LogP) is 3.34. The molecule has 0 spiro atoms. The van der Waals surface area contributed by atoms with E-state index in [4.69, 9.17) is 16.1 Å². The van der Waals surface area contributed by atoms with Crippen LogP contribution in [0.1, 0.15) is 15.9 Å². The number of nitrogens with one attached hydrogen (secondary N) is 1. The summed E-state index contributed by atoms with van der Waals surface area (Å²) in [5.74, 6) is -1.07.